The SMILES string of the molecule is O=c1cc(-c2ccc(N3CCOC3)cc2)oc2ccccc12. The first kappa shape index (κ1) is 13.1. The van der Waals surface area contributed by atoms with Gasteiger partial charge in [-0.15, -0.1) is 0 Å². The number of hydrogen-bond donors (Lipinski definition) is 0. The zero-order chi connectivity index (χ0) is 14.9. The molecule has 1 aliphatic heterocycles. The van der Waals surface area contributed by atoms with E-state index in [9.17, 15) is 4.79 Å². The molecular formula is C18H15NO3. The fourth-order valence-electron chi connectivity index (χ4n) is 2.70. The molecule has 3 aromatic rings. The number of nitrogens with zero attached hydrogens (tertiary/aromatic N) is 1. The van der Waals surface area contributed by atoms with Gasteiger partial charge in [-0.25, -0.2) is 0 Å². The average molecular weight is 293 g/mol. The molecule has 4 nitrogen and oxygen atoms in total. The van der Waals surface area contributed by atoms with Crippen molar-refractivity contribution in [2.45, 2.75) is 0 Å². The minimum Gasteiger partial charge on any atom is -0.456 e. The maximum Gasteiger partial charge on any atom is 0.193 e. The molecule has 0 spiro atoms. The third-order valence-electron chi connectivity index (χ3n) is 3.90. The number of fused-ring (bicyclic) bond motifs is 1. The highest BCUT2D eigenvalue weighted by atomic mass is 16.5. The van der Waals surface area contributed by atoms with Gasteiger partial charge in [0, 0.05) is 23.9 Å². The van der Waals surface area contributed by atoms with Crippen molar-refractivity contribution >= 4 is 16.7 Å². The van der Waals surface area contributed by atoms with Crippen LogP contribution >= 0.6 is 0 Å². The van der Waals surface area contributed by atoms with E-state index in [2.05, 4.69) is 4.90 Å². The van der Waals surface area contributed by atoms with Gasteiger partial charge in [0.05, 0.1) is 12.0 Å². The Balaban J connectivity index is 1.73. The zero-order valence-electron chi connectivity index (χ0n) is 12.0. The minimum atomic E-state index is -0.0196. The topological polar surface area (TPSA) is 42.7 Å². The Morgan fingerprint density at radius 2 is 1.82 bits per heavy atom. The zero-order valence-corrected chi connectivity index (χ0v) is 12.0. The van der Waals surface area contributed by atoms with Gasteiger partial charge in [-0.05, 0) is 36.4 Å². The predicted molar refractivity (Wildman–Crippen MR) is 86.1 cm³/mol. The molecule has 0 radical (unpaired) electrons. The van der Waals surface area contributed by atoms with Crippen molar-refractivity contribution in [1.29, 1.82) is 0 Å². The summed E-state index contributed by atoms with van der Waals surface area (Å²) in [5, 5.41) is 0.608. The standard InChI is InChI=1S/C18H15NO3/c20-16-11-18(22-17-4-2-1-3-15(16)17)13-5-7-14(8-6-13)19-9-10-21-12-19/h1-8,11H,9-10,12H2. The van der Waals surface area contributed by atoms with Crippen molar-refractivity contribution in [3.8, 4) is 11.3 Å². The molecule has 1 aliphatic rings. The van der Waals surface area contributed by atoms with Crippen molar-refractivity contribution in [2.75, 3.05) is 24.8 Å². The molecule has 2 aromatic carbocycles. The van der Waals surface area contributed by atoms with Gasteiger partial charge < -0.3 is 14.1 Å². The fourth-order valence-corrected chi connectivity index (χ4v) is 2.70. The molecule has 0 saturated carbocycles. The molecule has 0 amide bonds. The summed E-state index contributed by atoms with van der Waals surface area (Å²) in [6, 6.07) is 16.9. The minimum absolute atomic E-state index is 0.0196. The van der Waals surface area contributed by atoms with Crippen LogP contribution < -0.4 is 10.3 Å². The first-order valence-electron chi connectivity index (χ1n) is 7.27. The lowest BCUT2D eigenvalue weighted by Gasteiger charge is -2.15. The van der Waals surface area contributed by atoms with E-state index in [1.54, 1.807) is 12.1 Å². The fraction of sp³-hybridized carbons (Fsp3) is 0.167. The highest BCUT2D eigenvalue weighted by Crippen LogP contribution is 2.25. The first-order valence-corrected chi connectivity index (χ1v) is 7.27. The van der Waals surface area contributed by atoms with Crippen LogP contribution in [0.3, 0.4) is 0 Å². The van der Waals surface area contributed by atoms with E-state index in [-0.39, 0.29) is 5.43 Å². The van der Waals surface area contributed by atoms with E-state index in [0.717, 1.165) is 24.4 Å². The Hall–Kier alpha value is -2.59. The monoisotopic (exact) mass is 293 g/mol. The van der Waals surface area contributed by atoms with Gasteiger partial charge >= 0.3 is 0 Å². The molecule has 1 fully saturated rings. The lowest BCUT2D eigenvalue weighted by atomic mass is 10.1. The van der Waals surface area contributed by atoms with E-state index in [0.29, 0.717) is 23.5 Å². The molecule has 0 atom stereocenters. The summed E-state index contributed by atoms with van der Waals surface area (Å²) in [4.78, 5) is 14.3. The molecule has 1 aromatic heterocycles. The maximum absolute atomic E-state index is 12.2. The van der Waals surface area contributed by atoms with Gasteiger partial charge in [0.1, 0.15) is 18.1 Å². The van der Waals surface area contributed by atoms with Gasteiger partial charge in [-0.2, -0.15) is 0 Å². The molecule has 0 aliphatic carbocycles. The Morgan fingerprint density at radius 3 is 2.59 bits per heavy atom. The van der Waals surface area contributed by atoms with Gasteiger partial charge in [0.15, 0.2) is 5.43 Å². The van der Waals surface area contributed by atoms with E-state index < -0.39 is 0 Å². The van der Waals surface area contributed by atoms with Crippen LogP contribution in [0.25, 0.3) is 22.3 Å². The Labute approximate surface area is 127 Å². The van der Waals surface area contributed by atoms with Crippen molar-refractivity contribution in [3.05, 3.63) is 64.8 Å². The molecule has 22 heavy (non-hydrogen) atoms. The van der Waals surface area contributed by atoms with Crippen molar-refractivity contribution in [2.24, 2.45) is 0 Å². The number of para-hydroxylation sites is 1. The molecule has 0 bridgehead atoms. The lowest BCUT2D eigenvalue weighted by molar-refractivity contribution is 0.201. The van der Waals surface area contributed by atoms with Crippen LogP contribution in [0.15, 0.2) is 63.8 Å². The van der Waals surface area contributed by atoms with Gasteiger partial charge in [0.25, 0.3) is 0 Å². The average Bonchev–Trinajstić information content (AvgIpc) is 3.09. The number of anilines is 1. The summed E-state index contributed by atoms with van der Waals surface area (Å²) in [5.74, 6) is 0.591. The first-order chi connectivity index (χ1) is 10.8. The summed E-state index contributed by atoms with van der Waals surface area (Å²) in [7, 11) is 0. The quantitative estimate of drug-likeness (QED) is 0.727. The summed E-state index contributed by atoms with van der Waals surface area (Å²) >= 11 is 0. The second-order valence-corrected chi connectivity index (χ2v) is 5.32. The summed E-state index contributed by atoms with van der Waals surface area (Å²) < 4.78 is 11.2. The van der Waals surface area contributed by atoms with E-state index in [4.69, 9.17) is 9.15 Å². The molecule has 0 N–H and O–H groups in total. The molecular weight excluding hydrogens is 278 g/mol. The summed E-state index contributed by atoms with van der Waals surface area (Å²) in [6.45, 7) is 2.30. The Bertz CT molecular complexity index is 861. The van der Waals surface area contributed by atoms with Gasteiger partial charge in [-0.1, -0.05) is 12.1 Å². The molecule has 0 unspecified atom stereocenters. The second kappa shape index (κ2) is 5.31. The maximum atomic E-state index is 12.2. The van der Waals surface area contributed by atoms with Crippen molar-refractivity contribution in [3.63, 3.8) is 0 Å². The normalized spacial score (nSPS) is 14.6. The van der Waals surface area contributed by atoms with Crippen LogP contribution in [0.5, 0.6) is 0 Å². The smallest absolute Gasteiger partial charge is 0.193 e. The molecule has 4 heteroatoms. The van der Waals surface area contributed by atoms with Crippen LogP contribution in [0.4, 0.5) is 5.69 Å². The van der Waals surface area contributed by atoms with E-state index in [1.807, 2.05) is 42.5 Å². The van der Waals surface area contributed by atoms with Crippen LogP contribution in [-0.4, -0.2) is 19.9 Å². The molecule has 2 heterocycles. The van der Waals surface area contributed by atoms with E-state index >= 15 is 0 Å². The predicted octanol–water partition coefficient (Wildman–Crippen LogP) is 3.25. The van der Waals surface area contributed by atoms with Crippen LogP contribution in [-0.2, 0) is 4.74 Å². The Morgan fingerprint density at radius 1 is 1.00 bits per heavy atom. The Kier molecular flexibility index (Phi) is 3.16. The molecule has 110 valence electrons. The van der Waals surface area contributed by atoms with Gasteiger partial charge in [-0.3, -0.25) is 4.79 Å². The van der Waals surface area contributed by atoms with Gasteiger partial charge in [0.2, 0.25) is 0 Å². The van der Waals surface area contributed by atoms with Crippen LogP contribution in [0.1, 0.15) is 0 Å². The largest absolute Gasteiger partial charge is 0.456 e. The third kappa shape index (κ3) is 2.27. The highest BCUT2D eigenvalue weighted by molar-refractivity contribution is 5.78. The second-order valence-electron chi connectivity index (χ2n) is 5.32. The van der Waals surface area contributed by atoms with Crippen molar-refractivity contribution < 1.29 is 9.15 Å². The van der Waals surface area contributed by atoms with Crippen LogP contribution in [0, 0.1) is 0 Å². The van der Waals surface area contributed by atoms with Crippen molar-refractivity contribution in [1.82, 2.24) is 0 Å². The molecule has 1 saturated heterocycles. The lowest BCUT2D eigenvalue weighted by Crippen LogP contribution is -2.18. The third-order valence-corrected chi connectivity index (χ3v) is 3.90. The highest BCUT2D eigenvalue weighted by Gasteiger charge is 2.13. The number of ether oxygens (including phenoxy) is 1. The molecule has 4 rings (SSSR count). The van der Waals surface area contributed by atoms with Crippen LogP contribution in [0.2, 0.25) is 0 Å². The summed E-state index contributed by atoms with van der Waals surface area (Å²) in [5.41, 5.74) is 2.60. The summed E-state index contributed by atoms with van der Waals surface area (Å²) in [6.07, 6.45) is 0. The number of rotatable bonds is 2. The van der Waals surface area contributed by atoms with E-state index in [1.165, 1.54) is 0 Å². The number of hydrogen-bond acceptors (Lipinski definition) is 4. The number of benzene rings is 2.